The zero-order chi connectivity index (χ0) is 23.5. The zero-order valence-corrected chi connectivity index (χ0v) is 18.3. The van der Waals surface area contributed by atoms with Crippen LogP contribution in [0.15, 0.2) is 72.8 Å². The summed E-state index contributed by atoms with van der Waals surface area (Å²) in [6.07, 6.45) is -0.348. The second-order valence-electron chi connectivity index (χ2n) is 8.44. The predicted octanol–water partition coefficient (Wildman–Crippen LogP) is 6.98. The van der Waals surface area contributed by atoms with Gasteiger partial charge in [-0.2, -0.15) is 13.2 Å². The summed E-state index contributed by atoms with van der Waals surface area (Å²) in [6.45, 7) is 8.63. The van der Waals surface area contributed by atoms with Gasteiger partial charge in [0.15, 0.2) is 0 Å². The molecule has 0 radical (unpaired) electrons. The Labute approximate surface area is 186 Å². The Morgan fingerprint density at radius 1 is 1.16 bits per heavy atom. The third-order valence-electron chi connectivity index (χ3n) is 6.03. The maximum atomic E-state index is 13.1. The Morgan fingerprint density at radius 3 is 2.28 bits per heavy atom. The van der Waals surface area contributed by atoms with E-state index in [0.29, 0.717) is 30.9 Å². The Kier molecular flexibility index (Phi) is 7.12. The SMILES string of the molecule is C=CCC1/C(=C\C(=O)O)CCN(c2ccc(C(C)C)cc2)C1c1ccc(C(F)(F)F)cc1. The van der Waals surface area contributed by atoms with E-state index in [0.717, 1.165) is 23.4 Å². The van der Waals surface area contributed by atoms with E-state index in [-0.39, 0.29) is 12.0 Å². The van der Waals surface area contributed by atoms with Crippen LogP contribution in [-0.4, -0.2) is 17.6 Å². The van der Waals surface area contributed by atoms with Crippen molar-refractivity contribution >= 4 is 11.7 Å². The van der Waals surface area contributed by atoms with Crippen LogP contribution in [0, 0.1) is 5.92 Å². The minimum Gasteiger partial charge on any atom is -0.478 e. The number of halogens is 3. The van der Waals surface area contributed by atoms with E-state index in [1.165, 1.54) is 23.8 Å². The van der Waals surface area contributed by atoms with Crippen molar-refractivity contribution < 1.29 is 23.1 Å². The molecule has 0 bridgehead atoms. The van der Waals surface area contributed by atoms with Gasteiger partial charge < -0.3 is 10.0 Å². The van der Waals surface area contributed by atoms with Crippen LogP contribution in [0.2, 0.25) is 0 Å². The smallest absolute Gasteiger partial charge is 0.416 e. The maximum absolute atomic E-state index is 13.1. The fourth-order valence-corrected chi connectivity index (χ4v) is 4.41. The third kappa shape index (κ3) is 5.23. The number of carboxylic acids is 1. The lowest BCUT2D eigenvalue weighted by molar-refractivity contribution is -0.137. The number of carbonyl (C=O) groups is 1. The molecule has 1 N–H and O–H groups in total. The molecule has 170 valence electrons. The summed E-state index contributed by atoms with van der Waals surface area (Å²) < 4.78 is 39.3. The highest BCUT2D eigenvalue weighted by Gasteiger charge is 2.36. The summed E-state index contributed by atoms with van der Waals surface area (Å²) in [5.74, 6) is -0.844. The maximum Gasteiger partial charge on any atom is 0.416 e. The average molecular weight is 444 g/mol. The van der Waals surface area contributed by atoms with E-state index < -0.39 is 17.7 Å². The van der Waals surface area contributed by atoms with Crippen molar-refractivity contribution in [3.63, 3.8) is 0 Å². The van der Waals surface area contributed by atoms with Crippen molar-refractivity contribution in [1.82, 2.24) is 0 Å². The van der Waals surface area contributed by atoms with E-state index in [2.05, 4.69) is 37.5 Å². The Morgan fingerprint density at radius 2 is 1.78 bits per heavy atom. The number of piperidine rings is 1. The van der Waals surface area contributed by atoms with E-state index in [4.69, 9.17) is 0 Å². The number of nitrogens with zero attached hydrogens (tertiary/aromatic N) is 1. The molecule has 0 saturated carbocycles. The van der Waals surface area contributed by atoms with Crippen molar-refractivity contribution in [2.45, 2.75) is 44.8 Å². The van der Waals surface area contributed by atoms with Crippen molar-refractivity contribution in [3.05, 3.63) is 89.5 Å². The highest BCUT2D eigenvalue weighted by molar-refractivity contribution is 5.81. The molecule has 2 aromatic rings. The van der Waals surface area contributed by atoms with Gasteiger partial charge in [0.25, 0.3) is 0 Å². The van der Waals surface area contributed by atoms with Gasteiger partial charge in [0, 0.05) is 24.2 Å². The summed E-state index contributed by atoms with van der Waals surface area (Å²) in [5, 5.41) is 9.36. The van der Waals surface area contributed by atoms with Gasteiger partial charge in [0.1, 0.15) is 0 Å². The quantitative estimate of drug-likeness (QED) is 0.387. The summed E-state index contributed by atoms with van der Waals surface area (Å²) in [7, 11) is 0. The lowest BCUT2D eigenvalue weighted by atomic mass is 9.78. The molecule has 3 nitrogen and oxygen atoms in total. The monoisotopic (exact) mass is 443 g/mol. The van der Waals surface area contributed by atoms with Gasteiger partial charge in [-0.25, -0.2) is 4.79 Å². The van der Waals surface area contributed by atoms with Crippen molar-refractivity contribution in [1.29, 1.82) is 0 Å². The summed E-state index contributed by atoms with van der Waals surface area (Å²) in [6, 6.07) is 13.1. The van der Waals surface area contributed by atoms with Gasteiger partial charge in [-0.1, -0.05) is 49.8 Å². The van der Waals surface area contributed by atoms with Gasteiger partial charge in [-0.3, -0.25) is 0 Å². The van der Waals surface area contributed by atoms with E-state index in [1.807, 2.05) is 12.1 Å². The molecular formula is C26H28F3NO2. The number of anilines is 1. The van der Waals surface area contributed by atoms with Crippen LogP contribution < -0.4 is 4.90 Å². The third-order valence-corrected chi connectivity index (χ3v) is 6.03. The van der Waals surface area contributed by atoms with Crippen LogP contribution in [0.3, 0.4) is 0 Å². The largest absolute Gasteiger partial charge is 0.478 e. The van der Waals surface area contributed by atoms with E-state index >= 15 is 0 Å². The second-order valence-corrected chi connectivity index (χ2v) is 8.44. The lowest BCUT2D eigenvalue weighted by Crippen LogP contribution is -2.40. The molecule has 0 aliphatic carbocycles. The molecule has 1 aliphatic heterocycles. The van der Waals surface area contributed by atoms with Crippen molar-refractivity contribution in [2.75, 3.05) is 11.4 Å². The molecule has 1 aliphatic rings. The first-order valence-electron chi connectivity index (χ1n) is 10.7. The number of aliphatic carboxylic acids is 1. The molecule has 2 aromatic carbocycles. The minimum atomic E-state index is -4.41. The average Bonchev–Trinajstić information content (AvgIpc) is 2.74. The van der Waals surface area contributed by atoms with Gasteiger partial charge in [0.2, 0.25) is 0 Å². The number of allylic oxidation sites excluding steroid dienone is 1. The Balaban J connectivity index is 2.08. The molecule has 32 heavy (non-hydrogen) atoms. The molecule has 6 heteroatoms. The molecule has 1 fully saturated rings. The molecule has 1 saturated heterocycles. The standard InChI is InChI=1S/C26H28F3NO2/c1-4-5-23-20(16-24(31)32)14-15-30(22-12-8-18(9-13-22)17(2)3)25(23)19-6-10-21(11-7-19)26(27,28)29/h4,6-13,16-17,23,25H,1,5,14-15H2,2-3H3,(H,31,32)/b20-16-. The summed E-state index contributed by atoms with van der Waals surface area (Å²) in [5.41, 5.74) is 2.95. The van der Waals surface area contributed by atoms with Gasteiger partial charge >= 0.3 is 12.1 Å². The highest BCUT2D eigenvalue weighted by Crippen LogP contribution is 2.44. The molecular weight excluding hydrogens is 415 g/mol. The van der Waals surface area contributed by atoms with Crippen LogP contribution in [0.5, 0.6) is 0 Å². The Hall–Kier alpha value is -3.02. The number of hydrogen-bond acceptors (Lipinski definition) is 2. The molecule has 2 unspecified atom stereocenters. The van der Waals surface area contributed by atoms with Crippen LogP contribution in [-0.2, 0) is 11.0 Å². The molecule has 0 spiro atoms. The first-order valence-corrected chi connectivity index (χ1v) is 10.7. The van der Waals surface area contributed by atoms with E-state index in [9.17, 15) is 23.1 Å². The topological polar surface area (TPSA) is 40.5 Å². The lowest BCUT2D eigenvalue weighted by Gasteiger charge is -2.44. The Bertz CT molecular complexity index is 976. The van der Waals surface area contributed by atoms with E-state index in [1.54, 1.807) is 6.08 Å². The van der Waals surface area contributed by atoms with Gasteiger partial charge in [-0.05, 0) is 54.2 Å². The number of alkyl halides is 3. The van der Waals surface area contributed by atoms with Gasteiger partial charge in [-0.15, -0.1) is 6.58 Å². The van der Waals surface area contributed by atoms with Crippen LogP contribution in [0.4, 0.5) is 18.9 Å². The molecule has 1 heterocycles. The van der Waals surface area contributed by atoms with Crippen LogP contribution in [0.25, 0.3) is 0 Å². The number of benzene rings is 2. The zero-order valence-electron chi connectivity index (χ0n) is 18.3. The summed E-state index contributed by atoms with van der Waals surface area (Å²) in [4.78, 5) is 13.6. The first kappa shape index (κ1) is 23.6. The number of hydrogen-bond donors (Lipinski definition) is 1. The minimum absolute atomic E-state index is 0.209. The number of rotatable bonds is 6. The predicted molar refractivity (Wildman–Crippen MR) is 121 cm³/mol. The highest BCUT2D eigenvalue weighted by atomic mass is 19.4. The fourth-order valence-electron chi connectivity index (χ4n) is 4.41. The summed E-state index contributed by atoms with van der Waals surface area (Å²) >= 11 is 0. The molecule has 0 aromatic heterocycles. The molecule has 3 rings (SSSR count). The molecule has 2 atom stereocenters. The van der Waals surface area contributed by atoms with Crippen molar-refractivity contribution in [2.24, 2.45) is 5.92 Å². The van der Waals surface area contributed by atoms with Crippen molar-refractivity contribution in [3.8, 4) is 0 Å². The second kappa shape index (κ2) is 9.63. The van der Waals surface area contributed by atoms with Crippen LogP contribution >= 0.6 is 0 Å². The number of carboxylic acid groups (broad SMARTS) is 1. The van der Waals surface area contributed by atoms with Crippen LogP contribution in [0.1, 0.15) is 55.3 Å². The normalized spacial score (nSPS) is 20.6. The molecule has 0 amide bonds. The van der Waals surface area contributed by atoms with Gasteiger partial charge in [0.05, 0.1) is 11.6 Å². The fraction of sp³-hybridized carbons (Fsp3) is 0.346. The first-order chi connectivity index (χ1) is 15.1.